The van der Waals surface area contributed by atoms with Crippen LogP contribution < -0.4 is 26.2 Å². The Balaban J connectivity index is 0.00000181. The molecule has 5 rings (SSSR count). The molecule has 2 unspecified atom stereocenters. The molecule has 2 atom stereocenters. The summed E-state index contributed by atoms with van der Waals surface area (Å²) in [6, 6.07) is 6.75. The van der Waals surface area contributed by atoms with Gasteiger partial charge in [0.25, 0.3) is 11.5 Å². The quantitative estimate of drug-likeness (QED) is 0.321. The van der Waals surface area contributed by atoms with Crippen LogP contribution in [0, 0.1) is 6.92 Å². The number of pyridine rings is 1. The van der Waals surface area contributed by atoms with Crippen molar-refractivity contribution in [1.82, 2.24) is 24.3 Å². The summed E-state index contributed by atoms with van der Waals surface area (Å²) < 4.78 is 9.37. The van der Waals surface area contributed by atoms with E-state index in [0.29, 0.717) is 41.4 Å². The fourth-order valence-electron chi connectivity index (χ4n) is 4.86. The summed E-state index contributed by atoms with van der Waals surface area (Å²) in [4.78, 5) is 36.6. The molecule has 3 aromatic heterocycles. The fraction of sp³-hybridized carbons (Fsp3) is 0.393. The lowest BCUT2D eigenvalue weighted by Gasteiger charge is -2.23. The number of nitrogens with zero attached hydrogens (tertiary/aromatic N) is 6. The van der Waals surface area contributed by atoms with Crippen LogP contribution in [0.25, 0.3) is 10.9 Å². The molecule has 1 saturated heterocycles. The number of benzene rings is 1. The molecule has 1 aliphatic heterocycles. The zero-order chi connectivity index (χ0) is 29.1. The van der Waals surface area contributed by atoms with E-state index < -0.39 is 5.91 Å². The first-order valence-electron chi connectivity index (χ1n) is 13.2. The second-order valence-electron chi connectivity index (χ2n) is 9.61. The maximum Gasteiger partial charge on any atom is 0.269 e. The Kier molecular flexibility index (Phi) is 8.63. The zero-order valence-electron chi connectivity index (χ0n) is 23.6. The normalized spacial score (nSPS) is 15.5. The van der Waals surface area contributed by atoms with E-state index in [2.05, 4.69) is 20.3 Å². The van der Waals surface area contributed by atoms with Crippen molar-refractivity contribution in [3.8, 4) is 5.75 Å². The van der Waals surface area contributed by atoms with Crippen LogP contribution in [0.4, 0.5) is 11.6 Å². The van der Waals surface area contributed by atoms with Crippen molar-refractivity contribution in [3.63, 3.8) is 0 Å². The van der Waals surface area contributed by atoms with Gasteiger partial charge < -0.3 is 20.7 Å². The van der Waals surface area contributed by atoms with Crippen LogP contribution in [0.1, 0.15) is 54.8 Å². The number of hydrogen-bond acceptors (Lipinski definition) is 8. The molecule has 0 spiro atoms. The number of primary amides is 1. The van der Waals surface area contributed by atoms with Gasteiger partial charge in [-0.1, -0.05) is 31.5 Å². The predicted molar refractivity (Wildman–Crippen MR) is 157 cm³/mol. The number of halogens is 1. The van der Waals surface area contributed by atoms with E-state index in [1.165, 1.54) is 0 Å². The number of ether oxygens (including phenoxy) is 1. The summed E-state index contributed by atoms with van der Waals surface area (Å²) in [7, 11) is 3.58. The van der Waals surface area contributed by atoms with Gasteiger partial charge in [0.05, 0.1) is 41.6 Å². The topological polar surface area (TPSA) is 133 Å². The Morgan fingerprint density at radius 2 is 1.98 bits per heavy atom. The van der Waals surface area contributed by atoms with E-state index in [1.807, 2.05) is 53.1 Å². The van der Waals surface area contributed by atoms with Gasteiger partial charge in [-0.2, -0.15) is 5.10 Å². The molecule has 0 aliphatic carbocycles. The van der Waals surface area contributed by atoms with Crippen molar-refractivity contribution in [2.75, 3.05) is 23.3 Å². The average Bonchev–Trinajstić information content (AvgIpc) is 3.56. The van der Waals surface area contributed by atoms with Crippen LogP contribution in [0.2, 0.25) is 5.15 Å². The van der Waals surface area contributed by atoms with Crippen molar-refractivity contribution in [1.29, 1.82) is 0 Å². The maximum atomic E-state index is 13.5. The molecule has 4 heterocycles. The van der Waals surface area contributed by atoms with E-state index >= 15 is 0 Å². The summed E-state index contributed by atoms with van der Waals surface area (Å²) in [5.41, 5.74) is 8.20. The Bertz CT molecular complexity index is 1600. The highest BCUT2D eigenvalue weighted by molar-refractivity contribution is 6.29. The third-order valence-electron chi connectivity index (χ3n) is 6.68. The first-order chi connectivity index (χ1) is 19.1. The van der Waals surface area contributed by atoms with Gasteiger partial charge in [-0.05, 0) is 37.6 Å². The van der Waals surface area contributed by atoms with Gasteiger partial charge in [0.1, 0.15) is 11.3 Å². The maximum absolute atomic E-state index is 13.5. The van der Waals surface area contributed by atoms with Gasteiger partial charge in [0.15, 0.2) is 11.4 Å². The van der Waals surface area contributed by atoms with Gasteiger partial charge in [-0.15, -0.1) is 0 Å². The molecule has 0 radical (unpaired) electrons. The summed E-state index contributed by atoms with van der Waals surface area (Å²) in [5, 5.41) is 8.15. The Morgan fingerprint density at radius 3 is 2.65 bits per heavy atom. The standard InChI is InChI=1S/C26H29ClN8O3.C2H6/c1-14-9-18(15(2)30-20-5-6-21(27)31-23(20)24(28)36)22-19(10-14)25(37)34(4)26(32-22)35-8-7-16(13-35)38-17-11-29-33(3)12-17;1-2/h5-6,9-12,15-16,30H,7-8,13H2,1-4H3,(H2,28,36);1-2H3. The highest BCUT2D eigenvalue weighted by Crippen LogP contribution is 2.30. The number of nitrogens with one attached hydrogen (secondary N) is 1. The molecule has 12 heteroatoms. The van der Waals surface area contributed by atoms with E-state index in [-0.39, 0.29) is 28.6 Å². The lowest BCUT2D eigenvalue weighted by atomic mass is 10.0. The molecule has 1 fully saturated rings. The van der Waals surface area contributed by atoms with Gasteiger partial charge in [-0.3, -0.25) is 18.8 Å². The molecule has 0 saturated carbocycles. The Morgan fingerprint density at radius 1 is 1.23 bits per heavy atom. The first-order valence-corrected chi connectivity index (χ1v) is 13.6. The lowest BCUT2D eigenvalue weighted by molar-refractivity contribution is 0.0996. The molecule has 4 aromatic rings. The van der Waals surface area contributed by atoms with E-state index in [0.717, 1.165) is 17.5 Å². The Labute approximate surface area is 237 Å². The lowest BCUT2D eigenvalue weighted by Crippen LogP contribution is -2.32. The SMILES string of the molecule is CC.Cc1cc(C(C)Nc2ccc(Cl)nc2C(N)=O)c2nc(N3CCC(Oc4cnn(C)c4)C3)n(C)c(=O)c2c1. The largest absolute Gasteiger partial charge is 0.485 e. The molecule has 11 nitrogen and oxygen atoms in total. The number of nitrogens with two attached hydrogens (primary N) is 1. The number of anilines is 2. The van der Waals surface area contributed by atoms with Crippen LogP contribution in [0.3, 0.4) is 0 Å². The van der Waals surface area contributed by atoms with Gasteiger partial charge in [0, 0.05) is 32.6 Å². The van der Waals surface area contributed by atoms with Gasteiger partial charge in [-0.25, -0.2) is 9.97 Å². The second kappa shape index (κ2) is 12.0. The third kappa shape index (κ3) is 5.89. The number of hydrogen-bond donors (Lipinski definition) is 2. The smallest absolute Gasteiger partial charge is 0.269 e. The molecule has 3 N–H and O–H groups in total. The minimum Gasteiger partial charge on any atom is -0.485 e. The van der Waals surface area contributed by atoms with Crippen LogP contribution in [0.5, 0.6) is 5.75 Å². The number of amides is 1. The van der Waals surface area contributed by atoms with Crippen molar-refractivity contribution in [2.24, 2.45) is 19.8 Å². The number of rotatable bonds is 7. The average molecular weight is 567 g/mol. The number of carbonyl (C=O) groups is 1. The van der Waals surface area contributed by atoms with Crippen molar-refractivity contribution in [2.45, 2.75) is 46.3 Å². The van der Waals surface area contributed by atoms with Gasteiger partial charge >= 0.3 is 0 Å². The van der Waals surface area contributed by atoms with E-state index in [1.54, 1.807) is 34.6 Å². The number of fused-ring (bicyclic) bond motifs is 1. The predicted octanol–water partition coefficient (Wildman–Crippen LogP) is 3.98. The molecule has 0 bridgehead atoms. The molecule has 212 valence electrons. The van der Waals surface area contributed by atoms with Crippen LogP contribution in [-0.2, 0) is 14.1 Å². The number of aromatic nitrogens is 5. The molecule has 1 aromatic carbocycles. The minimum absolute atomic E-state index is 0.0441. The number of carbonyl (C=O) groups excluding carboxylic acids is 1. The van der Waals surface area contributed by atoms with Crippen molar-refractivity contribution < 1.29 is 9.53 Å². The minimum atomic E-state index is -0.692. The molecule has 1 amide bonds. The van der Waals surface area contributed by atoms with Gasteiger partial charge in [0.2, 0.25) is 5.95 Å². The number of aryl methyl sites for hydroxylation is 2. The third-order valence-corrected chi connectivity index (χ3v) is 6.89. The van der Waals surface area contributed by atoms with Crippen LogP contribution >= 0.6 is 11.6 Å². The van der Waals surface area contributed by atoms with E-state index in [4.69, 9.17) is 27.1 Å². The fourth-order valence-corrected chi connectivity index (χ4v) is 5.01. The van der Waals surface area contributed by atoms with Crippen molar-refractivity contribution >= 4 is 40.0 Å². The molecule has 40 heavy (non-hydrogen) atoms. The van der Waals surface area contributed by atoms with Crippen LogP contribution in [-0.4, -0.2) is 49.4 Å². The molecule has 1 aliphatic rings. The summed E-state index contributed by atoms with van der Waals surface area (Å²) in [6.07, 6.45) is 4.26. The highest BCUT2D eigenvalue weighted by Gasteiger charge is 2.28. The molecular weight excluding hydrogens is 532 g/mol. The summed E-state index contributed by atoms with van der Waals surface area (Å²) >= 11 is 5.97. The Hall–Kier alpha value is -4.12. The summed E-state index contributed by atoms with van der Waals surface area (Å²) in [5.74, 6) is 0.593. The van der Waals surface area contributed by atoms with Crippen LogP contribution in [0.15, 0.2) is 41.5 Å². The molecular formula is C28H35ClN8O3. The monoisotopic (exact) mass is 566 g/mol. The van der Waals surface area contributed by atoms with E-state index in [9.17, 15) is 9.59 Å². The highest BCUT2D eigenvalue weighted by atomic mass is 35.5. The van der Waals surface area contributed by atoms with Crippen molar-refractivity contribution in [3.05, 3.63) is 69.0 Å². The summed E-state index contributed by atoms with van der Waals surface area (Å²) in [6.45, 7) is 9.15. The second-order valence-corrected chi connectivity index (χ2v) is 10.00. The zero-order valence-corrected chi connectivity index (χ0v) is 24.4. The first kappa shape index (κ1) is 28.9.